The van der Waals surface area contributed by atoms with E-state index >= 15 is 0 Å². The summed E-state index contributed by atoms with van der Waals surface area (Å²) in [6, 6.07) is 5.76. The topological polar surface area (TPSA) is 39.7 Å². The Hall–Kier alpha value is -1.42. The molecule has 0 atom stereocenters. The molecule has 0 saturated carbocycles. The summed E-state index contributed by atoms with van der Waals surface area (Å²) in [6.07, 6.45) is 2.13. The summed E-state index contributed by atoms with van der Waals surface area (Å²) in [4.78, 5) is 0. The van der Waals surface area contributed by atoms with Gasteiger partial charge in [-0.3, -0.25) is 0 Å². The summed E-state index contributed by atoms with van der Waals surface area (Å²) >= 11 is 0. The third kappa shape index (κ3) is 4.53. The predicted molar refractivity (Wildman–Crippen MR) is 69.1 cm³/mol. The molecule has 17 heavy (non-hydrogen) atoms. The molecule has 4 nitrogen and oxygen atoms in total. The highest BCUT2D eigenvalue weighted by Gasteiger charge is 2.03. The molecule has 0 amide bonds. The summed E-state index contributed by atoms with van der Waals surface area (Å²) in [5.74, 6) is 1.60. The molecule has 96 valence electrons. The summed E-state index contributed by atoms with van der Waals surface area (Å²) in [6.45, 7) is 1.72. The highest BCUT2D eigenvalue weighted by molar-refractivity contribution is 5.59. The molecule has 0 radical (unpaired) electrons. The Kier molecular flexibility index (Phi) is 6.25. The Morgan fingerprint density at radius 2 is 1.88 bits per heavy atom. The maximum absolute atomic E-state index is 5.30. The van der Waals surface area contributed by atoms with Gasteiger partial charge in [0.15, 0.2) is 0 Å². The second kappa shape index (κ2) is 7.79. The lowest BCUT2D eigenvalue weighted by Crippen LogP contribution is -2.04. The number of unbranched alkanes of at least 4 members (excludes halogenated alkanes) is 1. The molecule has 0 aliphatic heterocycles. The molecule has 1 aromatic carbocycles. The van der Waals surface area contributed by atoms with Crippen LogP contribution in [0.5, 0.6) is 11.5 Å². The lowest BCUT2D eigenvalue weighted by Gasteiger charge is -2.12. The molecule has 0 bridgehead atoms. The van der Waals surface area contributed by atoms with Crippen LogP contribution in [0.4, 0.5) is 5.69 Å². The van der Waals surface area contributed by atoms with Crippen molar-refractivity contribution in [3.05, 3.63) is 18.2 Å². The molecule has 0 unspecified atom stereocenters. The number of anilines is 1. The number of hydrogen-bond acceptors (Lipinski definition) is 4. The third-order valence-corrected chi connectivity index (χ3v) is 2.50. The standard InChI is InChI=1S/C13H21NO3/c1-15-9-5-4-8-14-12-7-6-11(16-2)10-13(12)17-3/h6-7,10,14H,4-5,8-9H2,1-3H3. The molecule has 1 N–H and O–H groups in total. The molecule has 1 rings (SSSR count). The van der Waals surface area contributed by atoms with Crippen LogP contribution in [0.15, 0.2) is 18.2 Å². The van der Waals surface area contributed by atoms with Crippen molar-refractivity contribution in [1.29, 1.82) is 0 Å². The zero-order valence-corrected chi connectivity index (χ0v) is 10.8. The minimum absolute atomic E-state index is 0.798. The SMILES string of the molecule is COCCCCNc1ccc(OC)cc1OC. The van der Waals surface area contributed by atoms with E-state index in [1.165, 1.54) is 0 Å². The van der Waals surface area contributed by atoms with Crippen molar-refractivity contribution in [3.8, 4) is 11.5 Å². The van der Waals surface area contributed by atoms with Crippen LogP contribution in [0.3, 0.4) is 0 Å². The van der Waals surface area contributed by atoms with Gasteiger partial charge in [0.1, 0.15) is 11.5 Å². The number of methoxy groups -OCH3 is 3. The van der Waals surface area contributed by atoms with E-state index in [0.29, 0.717) is 0 Å². The van der Waals surface area contributed by atoms with Crippen molar-refractivity contribution in [2.75, 3.05) is 39.8 Å². The Morgan fingerprint density at radius 1 is 1.06 bits per heavy atom. The van der Waals surface area contributed by atoms with Crippen LogP contribution in [0, 0.1) is 0 Å². The fourth-order valence-electron chi connectivity index (χ4n) is 1.54. The molecule has 0 aliphatic rings. The van der Waals surface area contributed by atoms with E-state index in [2.05, 4.69) is 5.32 Å². The van der Waals surface area contributed by atoms with Crippen LogP contribution in [0.25, 0.3) is 0 Å². The third-order valence-electron chi connectivity index (χ3n) is 2.50. The molecular weight excluding hydrogens is 218 g/mol. The van der Waals surface area contributed by atoms with Gasteiger partial charge in [0.25, 0.3) is 0 Å². The Morgan fingerprint density at radius 3 is 2.53 bits per heavy atom. The van der Waals surface area contributed by atoms with Gasteiger partial charge in [0, 0.05) is 26.3 Å². The van der Waals surface area contributed by atoms with Crippen LogP contribution in [0.2, 0.25) is 0 Å². The Bertz CT molecular complexity index is 328. The maximum Gasteiger partial charge on any atom is 0.145 e. The smallest absolute Gasteiger partial charge is 0.145 e. The number of benzene rings is 1. The molecule has 0 saturated heterocycles. The van der Waals surface area contributed by atoms with Crippen LogP contribution >= 0.6 is 0 Å². The quantitative estimate of drug-likeness (QED) is 0.708. The van der Waals surface area contributed by atoms with Gasteiger partial charge < -0.3 is 19.5 Å². The largest absolute Gasteiger partial charge is 0.497 e. The summed E-state index contributed by atoms with van der Waals surface area (Å²) in [7, 11) is 5.03. The van der Waals surface area contributed by atoms with Crippen molar-refractivity contribution in [2.45, 2.75) is 12.8 Å². The summed E-state index contributed by atoms with van der Waals surface area (Å²) in [5.41, 5.74) is 0.991. The predicted octanol–water partition coefficient (Wildman–Crippen LogP) is 2.54. The van der Waals surface area contributed by atoms with Gasteiger partial charge >= 0.3 is 0 Å². The van der Waals surface area contributed by atoms with Gasteiger partial charge in [0.2, 0.25) is 0 Å². The first kappa shape index (κ1) is 13.6. The van der Waals surface area contributed by atoms with Crippen molar-refractivity contribution < 1.29 is 14.2 Å². The van der Waals surface area contributed by atoms with Gasteiger partial charge in [-0.15, -0.1) is 0 Å². The monoisotopic (exact) mass is 239 g/mol. The molecule has 4 heteroatoms. The van der Waals surface area contributed by atoms with Gasteiger partial charge in [-0.1, -0.05) is 0 Å². The average Bonchev–Trinajstić information content (AvgIpc) is 2.38. The van der Waals surface area contributed by atoms with Crippen molar-refractivity contribution in [2.24, 2.45) is 0 Å². The van der Waals surface area contributed by atoms with Crippen molar-refractivity contribution >= 4 is 5.69 Å². The molecule has 0 aromatic heterocycles. The first-order chi connectivity index (χ1) is 8.31. The van der Waals surface area contributed by atoms with E-state index in [9.17, 15) is 0 Å². The first-order valence-corrected chi connectivity index (χ1v) is 5.76. The fraction of sp³-hybridized carbons (Fsp3) is 0.538. The van der Waals surface area contributed by atoms with E-state index in [0.717, 1.165) is 43.2 Å². The van der Waals surface area contributed by atoms with E-state index < -0.39 is 0 Å². The van der Waals surface area contributed by atoms with Crippen LogP contribution in [0.1, 0.15) is 12.8 Å². The summed E-state index contributed by atoms with van der Waals surface area (Å²) < 4.78 is 15.4. The summed E-state index contributed by atoms with van der Waals surface area (Å²) in [5, 5.41) is 3.34. The van der Waals surface area contributed by atoms with Gasteiger partial charge in [-0.2, -0.15) is 0 Å². The van der Waals surface area contributed by atoms with Crippen LogP contribution < -0.4 is 14.8 Å². The van der Waals surface area contributed by atoms with Crippen molar-refractivity contribution in [1.82, 2.24) is 0 Å². The maximum atomic E-state index is 5.30. The van der Waals surface area contributed by atoms with E-state index in [1.54, 1.807) is 21.3 Å². The van der Waals surface area contributed by atoms with Gasteiger partial charge in [0.05, 0.1) is 19.9 Å². The second-order valence-electron chi connectivity index (χ2n) is 3.69. The molecule has 0 fully saturated rings. The highest BCUT2D eigenvalue weighted by atomic mass is 16.5. The average molecular weight is 239 g/mol. The highest BCUT2D eigenvalue weighted by Crippen LogP contribution is 2.28. The lowest BCUT2D eigenvalue weighted by molar-refractivity contribution is 0.194. The fourth-order valence-corrected chi connectivity index (χ4v) is 1.54. The number of nitrogens with one attached hydrogen (secondary N) is 1. The first-order valence-electron chi connectivity index (χ1n) is 5.76. The molecular formula is C13H21NO3. The van der Waals surface area contributed by atoms with Crippen molar-refractivity contribution in [3.63, 3.8) is 0 Å². The van der Waals surface area contributed by atoms with E-state index in [1.807, 2.05) is 18.2 Å². The van der Waals surface area contributed by atoms with E-state index in [-0.39, 0.29) is 0 Å². The van der Waals surface area contributed by atoms with Gasteiger partial charge in [-0.25, -0.2) is 0 Å². The Balaban J connectivity index is 2.46. The zero-order chi connectivity index (χ0) is 12.5. The number of ether oxygens (including phenoxy) is 3. The molecule has 1 aromatic rings. The zero-order valence-electron chi connectivity index (χ0n) is 10.8. The second-order valence-corrected chi connectivity index (χ2v) is 3.69. The Labute approximate surface area is 103 Å². The van der Waals surface area contributed by atoms with Crippen LogP contribution in [-0.4, -0.2) is 34.5 Å². The van der Waals surface area contributed by atoms with Crippen LogP contribution in [-0.2, 0) is 4.74 Å². The lowest BCUT2D eigenvalue weighted by atomic mass is 10.2. The number of rotatable bonds is 8. The minimum Gasteiger partial charge on any atom is -0.497 e. The molecule has 0 spiro atoms. The molecule has 0 heterocycles. The number of hydrogen-bond donors (Lipinski definition) is 1. The van der Waals surface area contributed by atoms with Gasteiger partial charge in [-0.05, 0) is 25.0 Å². The molecule has 0 aliphatic carbocycles. The van der Waals surface area contributed by atoms with E-state index in [4.69, 9.17) is 14.2 Å². The normalized spacial score (nSPS) is 10.1. The minimum atomic E-state index is 0.798.